The van der Waals surface area contributed by atoms with Gasteiger partial charge in [0.2, 0.25) is 0 Å². The van der Waals surface area contributed by atoms with Crippen molar-refractivity contribution >= 4 is 13.8 Å². The monoisotopic (exact) mass is 864 g/mol. The van der Waals surface area contributed by atoms with Crippen LogP contribution in [-0.4, -0.2) is 70.7 Å². The summed E-state index contributed by atoms with van der Waals surface area (Å²) >= 11 is 0. The normalized spacial score (nSPS) is 14.2. The van der Waals surface area contributed by atoms with Crippen molar-refractivity contribution < 1.29 is 37.3 Å². The van der Waals surface area contributed by atoms with Crippen molar-refractivity contribution in [3.63, 3.8) is 0 Å². The molecule has 0 aromatic carbocycles. The lowest BCUT2D eigenvalue weighted by Gasteiger charge is -2.28. The Morgan fingerprint density at radius 1 is 0.533 bits per heavy atom. The van der Waals surface area contributed by atoms with Gasteiger partial charge in [0.15, 0.2) is 0 Å². The van der Waals surface area contributed by atoms with Gasteiger partial charge >= 0.3 is 5.97 Å². The van der Waals surface area contributed by atoms with Crippen molar-refractivity contribution in [2.75, 3.05) is 54.1 Å². The van der Waals surface area contributed by atoms with Crippen molar-refractivity contribution in [2.24, 2.45) is 0 Å². The zero-order valence-corrected chi connectivity index (χ0v) is 40.5. The van der Waals surface area contributed by atoms with E-state index in [9.17, 15) is 14.3 Å². The van der Waals surface area contributed by atoms with E-state index in [0.717, 1.165) is 70.6 Å². The average Bonchev–Trinajstić information content (AvgIpc) is 3.20. The highest BCUT2D eigenvalue weighted by Gasteiger charge is 2.20. The molecule has 0 aromatic heterocycles. The van der Waals surface area contributed by atoms with Crippen molar-refractivity contribution in [2.45, 2.75) is 206 Å². The Morgan fingerprint density at radius 2 is 0.967 bits per heavy atom. The molecule has 0 amide bonds. The van der Waals surface area contributed by atoms with Crippen molar-refractivity contribution in [1.82, 2.24) is 0 Å². The molecule has 0 N–H and O–H groups in total. The SMILES string of the molecule is CC/C=C\C/C=C\C/C=C\C/C=C\C/C=C\CCCCOCC(COP(=O)([O-])OCC[N+](C)(C)C)OC(=O)CCCCCCCCCCCCCCCCCCCCCC. The van der Waals surface area contributed by atoms with E-state index in [1.807, 2.05) is 21.1 Å². The number of phosphoric acid groups is 1. The van der Waals surface area contributed by atoms with E-state index >= 15 is 0 Å². The van der Waals surface area contributed by atoms with Gasteiger partial charge in [0.05, 0.1) is 34.4 Å². The lowest BCUT2D eigenvalue weighted by atomic mass is 10.0. The van der Waals surface area contributed by atoms with Crippen molar-refractivity contribution in [1.29, 1.82) is 0 Å². The second kappa shape index (κ2) is 43.8. The number of phosphoric ester groups is 1. The molecule has 0 saturated carbocycles. The molecule has 0 fully saturated rings. The molecule has 0 bridgehead atoms. The largest absolute Gasteiger partial charge is 0.756 e. The molecule has 9 heteroatoms. The van der Waals surface area contributed by atoms with Crippen LogP contribution in [0.3, 0.4) is 0 Å². The van der Waals surface area contributed by atoms with E-state index in [2.05, 4.69) is 74.6 Å². The number of esters is 1. The average molecular weight is 864 g/mol. The van der Waals surface area contributed by atoms with E-state index in [0.29, 0.717) is 24.1 Å². The summed E-state index contributed by atoms with van der Waals surface area (Å²) in [6.45, 7) is 5.20. The minimum Gasteiger partial charge on any atom is -0.756 e. The van der Waals surface area contributed by atoms with Gasteiger partial charge in [0.25, 0.3) is 7.82 Å². The van der Waals surface area contributed by atoms with Gasteiger partial charge in [-0.2, -0.15) is 0 Å². The molecule has 0 aliphatic heterocycles. The smallest absolute Gasteiger partial charge is 0.306 e. The first-order valence-electron chi connectivity index (χ1n) is 24.5. The lowest BCUT2D eigenvalue weighted by molar-refractivity contribution is -0.870. The Kier molecular flexibility index (Phi) is 42.5. The van der Waals surface area contributed by atoms with E-state index in [-0.39, 0.29) is 25.8 Å². The predicted molar refractivity (Wildman–Crippen MR) is 254 cm³/mol. The second-order valence-corrected chi connectivity index (χ2v) is 18.9. The minimum absolute atomic E-state index is 0.0164. The Balaban J connectivity index is 4.23. The highest BCUT2D eigenvalue weighted by atomic mass is 31.2. The van der Waals surface area contributed by atoms with Crippen LogP contribution in [0.1, 0.15) is 200 Å². The Hall–Kier alpha value is -1.80. The summed E-state index contributed by atoms with van der Waals surface area (Å²) in [5, 5.41) is 0. The minimum atomic E-state index is -4.54. The maximum atomic E-state index is 12.7. The molecule has 0 aliphatic carbocycles. The summed E-state index contributed by atoms with van der Waals surface area (Å²) in [5.41, 5.74) is 0. The molecule has 350 valence electrons. The van der Waals surface area contributed by atoms with Gasteiger partial charge in [-0.15, -0.1) is 0 Å². The number of allylic oxidation sites excluding steroid dienone is 10. The van der Waals surface area contributed by atoms with Crippen LogP contribution in [-0.2, 0) is 27.9 Å². The van der Waals surface area contributed by atoms with Crippen LogP contribution < -0.4 is 4.89 Å². The summed E-state index contributed by atoms with van der Waals surface area (Å²) in [6.07, 6.45) is 55.4. The van der Waals surface area contributed by atoms with Gasteiger partial charge < -0.3 is 27.9 Å². The molecule has 0 heterocycles. The molecule has 8 nitrogen and oxygen atoms in total. The predicted octanol–water partition coefficient (Wildman–Crippen LogP) is 14.3. The van der Waals surface area contributed by atoms with Crippen LogP contribution >= 0.6 is 7.82 Å². The first-order valence-corrected chi connectivity index (χ1v) is 26.0. The molecule has 0 spiro atoms. The van der Waals surface area contributed by atoms with Gasteiger partial charge in [0.1, 0.15) is 19.3 Å². The standard InChI is InChI=1S/C51H94NO7P/c1-6-8-10-12-14-16-18-20-22-24-26-27-28-30-32-34-36-38-40-42-44-51(53)59-50(49-58-60(54,55)57-47-45-52(3,4)5)48-56-46-43-41-39-37-35-33-31-29-25-23-21-19-17-15-13-11-9-7-2/h9,11,15,17,21,23,29,31,35,37,50H,6-8,10,12-14,16,18-20,22,24-28,30,32-34,36,38-49H2,1-5H3/b11-9-,17-15-,23-21-,31-29-,37-35-. The lowest BCUT2D eigenvalue weighted by Crippen LogP contribution is -2.37. The summed E-state index contributed by atoms with van der Waals surface area (Å²) in [6, 6.07) is 0. The highest BCUT2D eigenvalue weighted by molar-refractivity contribution is 7.45. The summed E-state index contributed by atoms with van der Waals surface area (Å²) in [5.74, 6) is -0.348. The number of nitrogens with zero attached hydrogens (tertiary/aromatic N) is 1. The number of hydrogen-bond acceptors (Lipinski definition) is 7. The van der Waals surface area contributed by atoms with Gasteiger partial charge in [-0.25, -0.2) is 0 Å². The molecule has 0 radical (unpaired) electrons. The van der Waals surface area contributed by atoms with Crippen LogP contribution in [0.2, 0.25) is 0 Å². The van der Waals surface area contributed by atoms with Gasteiger partial charge in [-0.05, 0) is 57.8 Å². The number of ether oxygens (including phenoxy) is 2. The molecular weight excluding hydrogens is 770 g/mol. The van der Waals surface area contributed by atoms with Crippen molar-refractivity contribution in [3.8, 4) is 0 Å². The van der Waals surface area contributed by atoms with E-state index in [4.69, 9.17) is 18.5 Å². The number of carbonyl (C=O) groups excluding carboxylic acids is 1. The van der Waals surface area contributed by atoms with Gasteiger partial charge in [-0.1, -0.05) is 197 Å². The fourth-order valence-electron chi connectivity index (χ4n) is 6.57. The van der Waals surface area contributed by atoms with E-state index in [1.54, 1.807) is 0 Å². The molecule has 60 heavy (non-hydrogen) atoms. The third-order valence-corrected chi connectivity index (χ3v) is 11.3. The first-order chi connectivity index (χ1) is 29.1. The topological polar surface area (TPSA) is 94.1 Å². The summed E-state index contributed by atoms with van der Waals surface area (Å²) in [7, 11) is 1.33. The zero-order chi connectivity index (χ0) is 44.1. The van der Waals surface area contributed by atoms with E-state index in [1.165, 1.54) is 109 Å². The Morgan fingerprint density at radius 3 is 1.42 bits per heavy atom. The maximum absolute atomic E-state index is 12.7. The molecule has 2 unspecified atom stereocenters. The van der Waals surface area contributed by atoms with Crippen molar-refractivity contribution in [3.05, 3.63) is 60.8 Å². The van der Waals surface area contributed by atoms with Crippen LogP contribution in [0, 0.1) is 0 Å². The van der Waals surface area contributed by atoms with Gasteiger partial charge in [-0.3, -0.25) is 9.36 Å². The fraction of sp³-hybridized carbons (Fsp3) is 0.784. The number of carbonyl (C=O) groups is 1. The number of likely N-dealkylation sites (N-methyl/N-ethyl adjacent to an activating group) is 1. The van der Waals surface area contributed by atoms with Crippen LogP contribution in [0.25, 0.3) is 0 Å². The molecule has 0 aromatic rings. The summed E-state index contributed by atoms with van der Waals surface area (Å²) in [4.78, 5) is 25.1. The quantitative estimate of drug-likeness (QED) is 0.0198. The zero-order valence-electron chi connectivity index (χ0n) is 39.6. The van der Waals surface area contributed by atoms with Gasteiger partial charge in [0, 0.05) is 13.0 Å². The highest BCUT2D eigenvalue weighted by Crippen LogP contribution is 2.38. The molecule has 0 saturated heterocycles. The molecule has 0 rings (SSSR count). The number of hydrogen-bond donors (Lipinski definition) is 0. The Labute approximate surface area is 370 Å². The molecule has 0 aliphatic rings. The third kappa shape index (κ3) is 47.3. The number of rotatable bonds is 45. The van der Waals surface area contributed by atoms with Crippen LogP contribution in [0.5, 0.6) is 0 Å². The fourth-order valence-corrected chi connectivity index (χ4v) is 7.30. The maximum Gasteiger partial charge on any atom is 0.306 e. The van der Waals surface area contributed by atoms with Crippen LogP contribution in [0.15, 0.2) is 60.8 Å². The molecule has 2 atom stereocenters. The third-order valence-electron chi connectivity index (χ3n) is 10.3. The number of quaternary nitrogens is 1. The van der Waals surface area contributed by atoms with E-state index < -0.39 is 13.9 Å². The van der Waals surface area contributed by atoms with Crippen LogP contribution in [0.4, 0.5) is 0 Å². The molecular formula is C51H94NO7P. The first kappa shape index (κ1) is 58.2. The Bertz CT molecular complexity index is 1140. The summed E-state index contributed by atoms with van der Waals surface area (Å²) < 4.78 is 34.6. The second-order valence-electron chi connectivity index (χ2n) is 17.4. The number of unbranched alkanes of at least 4 members (excludes halogenated alkanes) is 21.